The molecule has 0 N–H and O–H groups in total. The van der Waals surface area contributed by atoms with Crippen LogP contribution in [0.4, 0.5) is 4.39 Å². The molecule has 0 amide bonds. The van der Waals surface area contributed by atoms with Crippen molar-refractivity contribution in [3.8, 4) is 33.5 Å². The molecule has 0 atom stereocenters. The maximum atomic E-state index is 15.7. The molecule has 2 aromatic heterocycles. The minimum absolute atomic E-state index is 0.0676. The summed E-state index contributed by atoms with van der Waals surface area (Å²) in [6.07, 6.45) is 3.10. The number of fused-ring (bicyclic) bond motifs is 3. The van der Waals surface area contributed by atoms with E-state index in [4.69, 9.17) is 4.42 Å². The molecular weight excluding hydrogens is 529 g/mol. The van der Waals surface area contributed by atoms with Crippen molar-refractivity contribution in [1.82, 2.24) is 0 Å². The number of halogens is 1. The van der Waals surface area contributed by atoms with Gasteiger partial charge in [-0.1, -0.05) is 102 Å². The third-order valence-electron chi connectivity index (χ3n) is 8.41. The van der Waals surface area contributed by atoms with Gasteiger partial charge < -0.3 is 4.42 Å². The Kier molecular flexibility index (Phi) is 7.04. The number of nitrogens with zero attached hydrogens (tertiary/aromatic N) is 1. The maximum absolute atomic E-state index is 15.7. The van der Waals surface area contributed by atoms with Crippen molar-refractivity contribution in [2.75, 3.05) is 0 Å². The zero-order valence-corrected chi connectivity index (χ0v) is 26.6. The van der Waals surface area contributed by atoms with Crippen LogP contribution in [0.5, 0.6) is 0 Å². The zero-order valence-electron chi connectivity index (χ0n) is 26.6. The second kappa shape index (κ2) is 10.5. The van der Waals surface area contributed by atoms with Gasteiger partial charge in [0.15, 0.2) is 6.20 Å². The SMILES string of the molecule is Cc1ccc2c(oc3c(-c4ccc(-c5cccc(C(C)(C)C)c5)cc4)c(F)ccc32)c1-c1cc(CC(C)(C)C)cc[n+]1C. The molecule has 6 rings (SSSR count). The molecule has 0 radical (unpaired) electrons. The van der Waals surface area contributed by atoms with Gasteiger partial charge in [-0.3, -0.25) is 0 Å². The molecule has 6 aromatic rings. The van der Waals surface area contributed by atoms with Crippen LogP contribution in [0.25, 0.3) is 55.4 Å². The van der Waals surface area contributed by atoms with E-state index in [0.717, 1.165) is 56.3 Å². The van der Waals surface area contributed by atoms with E-state index < -0.39 is 0 Å². The smallest absolute Gasteiger partial charge is 0.216 e. The lowest BCUT2D eigenvalue weighted by Gasteiger charge is -2.20. The molecule has 0 bridgehead atoms. The van der Waals surface area contributed by atoms with Gasteiger partial charge in [0.1, 0.15) is 24.0 Å². The quantitative estimate of drug-likeness (QED) is 0.193. The fraction of sp³-hybridized carbons (Fsp3) is 0.275. The van der Waals surface area contributed by atoms with E-state index in [1.807, 2.05) is 18.2 Å². The monoisotopic (exact) mass is 570 g/mol. The lowest BCUT2D eigenvalue weighted by Crippen LogP contribution is -2.31. The van der Waals surface area contributed by atoms with E-state index in [9.17, 15) is 0 Å². The van der Waals surface area contributed by atoms with Gasteiger partial charge in [-0.2, -0.15) is 0 Å². The van der Waals surface area contributed by atoms with Crippen molar-refractivity contribution in [2.45, 2.75) is 60.3 Å². The summed E-state index contributed by atoms with van der Waals surface area (Å²) in [4.78, 5) is 0. The highest BCUT2D eigenvalue weighted by atomic mass is 19.1. The van der Waals surface area contributed by atoms with E-state index in [1.54, 1.807) is 6.07 Å². The van der Waals surface area contributed by atoms with Crippen LogP contribution < -0.4 is 4.57 Å². The van der Waals surface area contributed by atoms with Crippen molar-refractivity contribution in [3.05, 3.63) is 114 Å². The molecule has 2 nitrogen and oxygen atoms in total. The van der Waals surface area contributed by atoms with Gasteiger partial charge in [0.05, 0.1) is 11.1 Å². The summed E-state index contributed by atoms with van der Waals surface area (Å²) in [7, 11) is 2.07. The third-order valence-corrected chi connectivity index (χ3v) is 8.41. The first-order chi connectivity index (χ1) is 20.3. The molecule has 0 saturated heterocycles. The van der Waals surface area contributed by atoms with Gasteiger partial charge in [-0.25, -0.2) is 8.96 Å². The predicted octanol–water partition coefficient (Wildman–Crippen LogP) is 10.7. The van der Waals surface area contributed by atoms with Crippen molar-refractivity contribution in [2.24, 2.45) is 12.5 Å². The van der Waals surface area contributed by atoms with Crippen LogP contribution >= 0.6 is 0 Å². The lowest BCUT2D eigenvalue weighted by molar-refractivity contribution is -0.660. The molecule has 0 unspecified atom stereocenters. The fourth-order valence-corrected chi connectivity index (χ4v) is 6.14. The van der Waals surface area contributed by atoms with Gasteiger partial charge >= 0.3 is 0 Å². The van der Waals surface area contributed by atoms with E-state index in [1.165, 1.54) is 11.1 Å². The van der Waals surface area contributed by atoms with Gasteiger partial charge in [0.25, 0.3) is 0 Å². The molecule has 0 aliphatic rings. The first kappa shape index (κ1) is 28.9. The third kappa shape index (κ3) is 5.49. The predicted molar refractivity (Wildman–Crippen MR) is 178 cm³/mol. The van der Waals surface area contributed by atoms with Crippen molar-refractivity contribution in [3.63, 3.8) is 0 Å². The second-order valence-electron chi connectivity index (χ2n) is 14.2. The Bertz CT molecular complexity index is 1980. The molecular formula is C40H41FNO+. The highest BCUT2D eigenvalue weighted by Crippen LogP contribution is 2.42. The van der Waals surface area contributed by atoms with Gasteiger partial charge in [-0.15, -0.1) is 0 Å². The number of rotatable bonds is 4. The van der Waals surface area contributed by atoms with Crippen LogP contribution in [-0.2, 0) is 18.9 Å². The topological polar surface area (TPSA) is 17.0 Å². The molecule has 2 heterocycles. The summed E-state index contributed by atoms with van der Waals surface area (Å²) in [5.41, 5.74) is 11.0. The van der Waals surface area contributed by atoms with E-state index in [0.29, 0.717) is 11.1 Å². The molecule has 0 aliphatic carbocycles. The first-order valence-electron chi connectivity index (χ1n) is 15.1. The Morgan fingerprint density at radius 3 is 2.02 bits per heavy atom. The van der Waals surface area contributed by atoms with E-state index >= 15 is 4.39 Å². The number of aryl methyl sites for hydroxylation is 2. The molecule has 43 heavy (non-hydrogen) atoms. The number of aromatic nitrogens is 1. The van der Waals surface area contributed by atoms with Crippen LogP contribution in [0.3, 0.4) is 0 Å². The highest BCUT2D eigenvalue weighted by Gasteiger charge is 2.24. The van der Waals surface area contributed by atoms with Crippen molar-refractivity contribution >= 4 is 21.9 Å². The summed E-state index contributed by atoms with van der Waals surface area (Å²) >= 11 is 0. The summed E-state index contributed by atoms with van der Waals surface area (Å²) in [5.74, 6) is -0.287. The van der Waals surface area contributed by atoms with Gasteiger partial charge in [0.2, 0.25) is 5.69 Å². The number of hydrogen-bond acceptors (Lipinski definition) is 1. The molecule has 218 valence electrons. The number of hydrogen-bond donors (Lipinski definition) is 0. The number of furan rings is 1. The molecule has 0 aliphatic heterocycles. The minimum Gasteiger partial charge on any atom is -0.454 e. The molecule has 3 heteroatoms. The van der Waals surface area contributed by atoms with Gasteiger partial charge in [-0.05, 0) is 69.7 Å². The van der Waals surface area contributed by atoms with Gasteiger partial charge in [0, 0.05) is 22.9 Å². The first-order valence-corrected chi connectivity index (χ1v) is 15.1. The second-order valence-corrected chi connectivity index (χ2v) is 14.2. The largest absolute Gasteiger partial charge is 0.454 e. The van der Waals surface area contributed by atoms with Crippen LogP contribution in [0.15, 0.2) is 95.5 Å². The zero-order chi connectivity index (χ0) is 30.7. The summed E-state index contributed by atoms with van der Waals surface area (Å²) in [5, 5.41) is 1.91. The summed E-state index contributed by atoms with van der Waals surface area (Å²) in [6, 6.07) is 29.0. The van der Waals surface area contributed by atoms with Crippen molar-refractivity contribution in [1.29, 1.82) is 0 Å². The Hall–Kier alpha value is -4.24. The summed E-state index contributed by atoms with van der Waals surface area (Å²) < 4.78 is 24.5. The van der Waals surface area contributed by atoms with E-state index in [-0.39, 0.29) is 16.6 Å². The Balaban J connectivity index is 1.50. The Labute approximate surface area is 254 Å². The van der Waals surface area contributed by atoms with E-state index in [2.05, 4.69) is 127 Å². The maximum Gasteiger partial charge on any atom is 0.216 e. The Morgan fingerprint density at radius 1 is 0.698 bits per heavy atom. The van der Waals surface area contributed by atoms with Crippen LogP contribution in [0, 0.1) is 18.2 Å². The fourth-order valence-electron chi connectivity index (χ4n) is 6.14. The number of pyridine rings is 1. The van der Waals surface area contributed by atoms with Crippen LogP contribution in [0.2, 0.25) is 0 Å². The average molecular weight is 571 g/mol. The molecule has 0 saturated carbocycles. The molecule has 0 spiro atoms. The normalized spacial score (nSPS) is 12.4. The summed E-state index contributed by atoms with van der Waals surface area (Å²) in [6.45, 7) is 15.6. The Morgan fingerprint density at radius 2 is 1.35 bits per heavy atom. The standard InChI is InChI=1S/C40H41FNO/c1-25-12-17-31-32-18-19-33(41)36(28-15-13-27(14-16-28)29-10-9-11-30(23-29)40(5,6)7)38(32)43-37(31)35(25)34-22-26(20-21-42(34)8)24-39(2,3)4/h9-23H,24H2,1-8H3/q+1. The van der Waals surface area contributed by atoms with Crippen LogP contribution in [0.1, 0.15) is 58.2 Å². The highest BCUT2D eigenvalue weighted by molar-refractivity contribution is 6.13. The molecule has 4 aromatic carbocycles. The number of benzene rings is 4. The lowest BCUT2D eigenvalue weighted by atomic mass is 9.85. The van der Waals surface area contributed by atoms with Crippen LogP contribution in [-0.4, -0.2) is 0 Å². The minimum atomic E-state index is -0.287. The average Bonchev–Trinajstić information content (AvgIpc) is 3.31. The van der Waals surface area contributed by atoms with Crippen molar-refractivity contribution < 1.29 is 13.4 Å². The molecule has 0 fully saturated rings.